The number of carbonyl (C=O) groups excluding carboxylic acids is 1. The summed E-state index contributed by atoms with van der Waals surface area (Å²) in [5.41, 5.74) is 10.5. The maximum atomic E-state index is 12.1. The number of nitrogens with zero attached hydrogens (tertiary/aromatic N) is 1. The summed E-state index contributed by atoms with van der Waals surface area (Å²) in [7, 11) is 0. The highest BCUT2D eigenvalue weighted by molar-refractivity contribution is 6.30. The van der Waals surface area contributed by atoms with E-state index in [0.29, 0.717) is 40.9 Å². The molecule has 1 heterocycles. The maximum Gasteiger partial charge on any atom is 0.340 e. The average molecular weight is 395 g/mol. The van der Waals surface area contributed by atoms with Gasteiger partial charge < -0.3 is 20.8 Å². The standard InChI is InChI=1S/C21H19ClN4O2/c1-2-28-21(27)15-4-3-5-17(24)20(15)25-12-13-6-8-14(9-7-13)16-10-19(22)26-18(16)11-23/h3-10,25-26H,2,12,24H2,1H3. The molecule has 0 unspecified atom stereocenters. The number of nitriles is 1. The highest BCUT2D eigenvalue weighted by Gasteiger charge is 2.15. The predicted molar refractivity (Wildman–Crippen MR) is 110 cm³/mol. The lowest BCUT2D eigenvalue weighted by Crippen LogP contribution is -2.11. The van der Waals surface area contributed by atoms with Gasteiger partial charge in [0.25, 0.3) is 0 Å². The van der Waals surface area contributed by atoms with E-state index in [0.717, 1.165) is 16.7 Å². The number of halogens is 1. The fourth-order valence-electron chi connectivity index (χ4n) is 2.88. The molecule has 6 nitrogen and oxygen atoms in total. The highest BCUT2D eigenvalue weighted by atomic mass is 35.5. The van der Waals surface area contributed by atoms with Gasteiger partial charge in [-0.25, -0.2) is 4.79 Å². The summed E-state index contributed by atoms with van der Waals surface area (Å²) in [5, 5.41) is 12.8. The first-order valence-electron chi connectivity index (χ1n) is 8.71. The Bertz CT molecular complexity index is 1040. The zero-order chi connectivity index (χ0) is 20.1. The molecule has 0 radical (unpaired) electrons. The van der Waals surface area contributed by atoms with Crippen molar-refractivity contribution in [2.75, 3.05) is 17.7 Å². The van der Waals surface area contributed by atoms with Gasteiger partial charge in [0.1, 0.15) is 16.9 Å². The van der Waals surface area contributed by atoms with Crippen LogP contribution in [0.5, 0.6) is 0 Å². The Balaban J connectivity index is 1.78. The molecular weight excluding hydrogens is 376 g/mol. The molecule has 0 saturated carbocycles. The van der Waals surface area contributed by atoms with E-state index in [1.807, 2.05) is 24.3 Å². The number of benzene rings is 2. The number of nitrogens with one attached hydrogen (secondary N) is 2. The van der Waals surface area contributed by atoms with Crippen LogP contribution in [-0.2, 0) is 11.3 Å². The zero-order valence-electron chi connectivity index (χ0n) is 15.3. The summed E-state index contributed by atoms with van der Waals surface area (Å²) >= 11 is 5.95. The summed E-state index contributed by atoms with van der Waals surface area (Å²) in [5.74, 6) is -0.416. The predicted octanol–water partition coefficient (Wildman–Crippen LogP) is 4.58. The van der Waals surface area contributed by atoms with Crippen LogP contribution < -0.4 is 11.1 Å². The van der Waals surface area contributed by atoms with E-state index in [9.17, 15) is 10.1 Å². The molecule has 0 bridgehead atoms. The van der Waals surface area contributed by atoms with E-state index in [1.54, 1.807) is 31.2 Å². The van der Waals surface area contributed by atoms with Crippen molar-refractivity contribution in [3.63, 3.8) is 0 Å². The van der Waals surface area contributed by atoms with Crippen molar-refractivity contribution >= 4 is 28.9 Å². The molecule has 4 N–H and O–H groups in total. The monoisotopic (exact) mass is 394 g/mol. The normalized spacial score (nSPS) is 10.3. The quantitative estimate of drug-likeness (QED) is 0.419. The van der Waals surface area contributed by atoms with Crippen molar-refractivity contribution in [1.29, 1.82) is 5.26 Å². The summed E-state index contributed by atoms with van der Waals surface area (Å²) in [6.07, 6.45) is 0. The lowest BCUT2D eigenvalue weighted by atomic mass is 10.0. The number of para-hydroxylation sites is 1. The van der Waals surface area contributed by atoms with Gasteiger partial charge in [0.2, 0.25) is 0 Å². The molecule has 0 fully saturated rings. The lowest BCUT2D eigenvalue weighted by Gasteiger charge is -2.14. The van der Waals surface area contributed by atoms with Crippen molar-refractivity contribution in [2.45, 2.75) is 13.5 Å². The van der Waals surface area contributed by atoms with Crippen LogP contribution in [0, 0.1) is 11.3 Å². The molecule has 0 atom stereocenters. The van der Waals surface area contributed by atoms with Gasteiger partial charge in [0, 0.05) is 12.1 Å². The second-order valence-corrected chi connectivity index (χ2v) is 6.47. The Kier molecular flexibility index (Phi) is 5.87. The third kappa shape index (κ3) is 4.11. The lowest BCUT2D eigenvalue weighted by molar-refractivity contribution is 0.0527. The van der Waals surface area contributed by atoms with E-state index in [4.69, 9.17) is 22.1 Å². The maximum absolute atomic E-state index is 12.1. The van der Waals surface area contributed by atoms with Crippen molar-refractivity contribution < 1.29 is 9.53 Å². The summed E-state index contributed by atoms with van der Waals surface area (Å²) in [4.78, 5) is 15.0. The number of nitrogen functional groups attached to an aromatic ring is 1. The van der Waals surface area contributed by atoms with E-state index < -0.39 is 5.97 Å². The second kappa shape index (κ2) is 8.51. The summed E-state index contributed by atoms with van der Waals surface area (Å²) < 4.78 is 5.09. The molecule has 3 aromatic rings. The van der Waals surface area contributed by atoms with Crippen molar-refractivity contribution in [3.05, 3.63) is 70.5 Å². The molecule has 7 heteroatoms. The van der Waals surface area contributed by atoms with Crippen molar-refractivity contribution in [2.24, 2.45) is 0 Å². The molecule has 3 rings (SSSR count). The number of esters is 1. The molecule has 0 spiro atoms. The third-order valence-electron chi connectivity index (χ3n) is 4.22. The van der Waals surface area contributed by atoms with Gasteiger partial charge >= 0.3 is 5.97 Å². The Labute approximate surface area is 167 Å². The van der Waals surface area contributed by atoms with Crippen LogP contribution in [-0.4, -0.2) is 17.6 Å². The Hall–Kier alpha value is -3.43. The smallest absolute Gasteiger partial charge is 0.340 e. The van der Waals surface area contributed by atoms with E-state index in [1.165, 1.54) is 0 Å². The van der Waals surface area contributed by atoms with Crippen LogP contribution in [0.3, 0.4) is 0 Å². The second-order valence-electron chi connectivity index (χ2n) is 6.06. The van der Waals surface area contributed by atoms with Crippen LogP contribution in [0.4, 0.5) is 11.4 Å². The zero-order valence-corrected chi connectivity index (χ0v) is 16.0. The first kappa shape index (κ1) is 19.3. The van der Waals surface area contributed by atoms with Crippen LogP contribution >= 0.6 is 11.6 Å². The molecule has 28 heavy (non-hydrogen) atoms. The topological polar surface area (TPSA) is 104 Å². The Morgan fingerprint density at radius 1 is 1.29 bits per heavy atom. The number of H-pyrrole nitrogens is 1. The Morgan fingerprint density at radius 3 is 2.71 bits per heavy atom. The van der Waals surface area contributed by atoms with Gasteiger partial charge in [0.05, 0.1) is 23.5 Å². The van der Waals surface area contributed by atoms with Crippen molar-refractivity contribution in [3.8, 4) is 17.2 Å². The van der Waals surface area contributed by atoms with E-state index >= 15 is 0 Å². The van der Waals surface area contributed by atoms with Gasteiger partial charge in [-0.05, 0) is 36.2 Å². The molecule has 0 aliphatic rings. The van der Waals surface area contributed by atoms with Crippen LogP contribution in [0.1, 0.15) is 28.5 Å². The fourth-order valence-corrected chi connectivity index (χ4v) is 3.08. The van der Waals surface area contributed by atoms with Crippen LogP contribution in [0.25, 0.3) is 11.1 Å². The van der Waals surface area contributed by atoms with Gasteiger partial charge in [-0.3, -0.25) is 0 Å². The minimum absolute atomic E-state index is 0.294. The number of hydrogen-bond donors (Lipinski definition) is 3. The molecular formula is C21H19ClN4O2. The van der Waals surface area contributed by atoms with Crippen molar-refractivity contribution in [1.82, 2.24) is 4.98 Å². The number of aromatic nitrogens is 1. The largest absolute Gasteiger partial charge is 0.462 e. The molecule has 0 amide bonds. The number of rotatable bonds is 6. The number of hydrogen-bond acceptors (Lipinski definition) is 5. The third-order valence-corrected chi connectivity index (χ3v) is 4.43. The number of anilines is 2. The van der Waals surface area contributed by atoms with Gasteiger partial charge in [-0.2, -0.15) is 5.26 Å². The van der Waals surface area contributed by atoms with E-state index in [-0.39, 0.29) is 0 Å². The molecule has 0 aliphatic carbocycles. The number of nitrogens with two attached hydrogens (primary N) is 1. The van der Waals surface area contributed by atoms with Crippen LogP contribution in [0.2, 0.25) is 5.15 Å². The van der Waals surface area contributed by atoms with Crippen LogP contribution in [0.15, 0.2) is 48.5 Å². The number of ether oxygens (including phenoxy) is 1. The van der Waals surface area contributed by atoms with E-state index in [2.05, 4.69) is 16.4 Å². The molecule has 1 aromatic heterocycles. The molecule has 0 saturated heterocycles. The Morgan fingerprint density at radius 2 is 2.04 bits per heavy atom. The number of carbonyl (C=O) groups is 1. The minimum atomic E-state index is -0.416. The fraction of sp³-hybridized carbons (Fsp3) is 0.143. The van der Waals surface area contributed by atoms with Gasteiger partial charge in [-0.15, -0.1) is 0 Å². The minimum Gasteiger partial charge on any atom is -0.462 e. The molecule has 142 valence electrons. The first-order chi connectivity index (χ1) is 13.5. The molecule has 0 aliphatic heterocycles. The van der Waals surface area contributed by atoms with Gasteiger partial charge in [0.15, 0.2) is 0 Å². The van der Waals surface area contributed by atoms with Gasteiger partial charge in [-0.1, -0.05) is 41.9 Å². The molecule has 2 aromatic carbocycles. The summed E-state index contributed by atoms with van der Waals surface area (Å²) in [6.45, 7) is 2.52. The average Bonchev–Trinajstić information content (AvgIpc) is 3.08. The highest BCUT2D eigenvalue weighted by Crippen LogP contribution is 2.28. The first-order valence-corrected chi connectivity index (χ1v) is 9.08. The SMILES string of the molecule is CCOC(=O)c1cccc(N)c1NCc1ccc(-c2cc(Cl)[nH]c2C#N)cc1. The number of aromatic amines is 1. The summed E-state index contributed by atoms with van der Waals surface area (Å²) in [6, 6.07) is 16.7.